The largest absolute Gasteiger partial charge is 0.525 e. The van der Waals surface area contributed by atoms with Gasteiger partial charge in [-0.05, 0) is 46.1 Å². The third kappa shape index (κ3) is 4.04. The molecular formula is C20H31BFN3O2. The second-order valence-corrected chi connectivity index (χ2v) is 9.54. The zero-order valence-electron chi connectivity index (χ0n) is 17.6. The van der Waals surface area contributed by atoms with E-state index in [0.717, 1.165) is 30.2 Å². The summed E-state index contributed by atoms with van der Waals surface area (Å²) in [7, 11) is -0.900. The highest BCUT2D eigenvalue weighted by Crippen LogP contribution is 2.40. The standard InChI is InChI=1S/C20H31BFN3O2/c1-18(2,3)15-12-16(24-13-23-15)25-10-8-14(9-11-25)17(22)21-26-19(4,5)20(6,7)27-21/h12-13H,8-11H2,1-7H3. The summed E-state index contributed by atoms with van der Waals surface area (Å²) in [6.07, 6.45) is 2.90. The molecule has 0 spiro atoms. The summed E-state index contributed by atoms with van der Waals surface area (Å²) in [5.41, 5.74) is 0.459. The molecule has 0 unspecified atom stereocenters. The first-order chi connectivity index (χ1) is 12.4. The van der Waals surface area contributed by atoms with Crippen LogP contribution in [0.5, 0.6) is 0 Å². The molecule has 1 aromatic heterocycles. The van der Waals surface area contributed by atoms with Crippen molar-refractivity contribution < 1.29 is 13.7 Å². The summed E-state index contributed by atoms with van der Waals surface area (Å²) in [5, 5.41) is 0. The first-order valence-electron chi connectivity index (χ1n) is 9.71. The lowest BCUT2D eigenvalue weighted by atomic mass is 9.82. The number of hydrogen-bond acceptors (Lipinski definition) is 5. The van der Waals surface area contributed by atoms with Gasteiger partial charge in [0.2, 0.25) is 0 Å². The molecule has 0 amide bonds. The molecule has 0 aliphatic carbocycles. The van der Waals surface area contributed by atoms with Gasteiger partial charge in [0, 0.05) is 24.6 Å². The van der Waals surface area contributed by atoms with Crippen molar-refractivity contribution in [3.05, 3.63) is 29.4 Å². The molecule has 2 aliphatic heterocycles. The number of halogens is 1. The lowest BCUT2D eigenvalue weighted by Crippen LogP contribution is -2.41. The van der Waals surface area contributed by atoms with E-state index in [1.807, 2.05) is 33.8 Å². The highest BCUT2D eigenvalue weighted by molar-refractivity contribution is 6.53. The summed E-state index contributed by atoms with van der Waals surface area (Å²) in [6.45, 7) is 15.6. The van der Waals surface area contributed by atoms with Crippen LogP contribution in [0.4, 0.5) is 10.2 Å². The van der Waals surface area contributed by atoms with Crippen LogP contribution in [0.25, 0.3) is 0 Å². The van der Waals surface area contributed by atoms with Gasteiger partial charge >= 0.3 is 7.12 Å². The number of hydrogen-bond donors (Lipinski definition) is 0. The molecule has 0 atom stereocenters. The molecule has 2 aliphatic rings. The molecule has 7 heteroatoms. The van der Waals surface area contributed by atoms with Crippen molar-refractivity contribution in [2.75, 3.05) is 18.0 Å². The molecule has 2 fully saturated rings. The summed E-state index contributed by atoms with van der Waals surface area (Å²) < 4.78 is 26.7. The van der Waals surface area contributed by atoms with Crippen LogP contribution < -0.4 is 4.90 Å². The summed E-state index contributed by atoms with van der Waals surface area (Å²) in [5.74, 6) is 0.907. The second kappa shape index (κ2) is 6.85. The normalized spacial score (nSPS) is 22.3. The quantitative estimate of drug-likeness (QED) is 0.724. The Kier molecular flexibility index (Phi) is 5.14. The first kappa shape index (κ1) is 20.3. The fourth-order valence-corrected chi connectivity index (χ4v) is 3.29. The highest BCUT2D eigenvalue weighted by Gasteiger charge is 2.53. The van der Waals surface area contributed by atoms with Crippen molar-refractivity contribution >= 4 is 12.9 Å². The summed E-state index contributed by atoms with van der Waals surface area (Å²) in [6, 6.07) is 2.04. The van der Waals surface area contributed by atoms with Gasteiger partial charge in [-0.15, -0.1) is 0 Å². The Hall–Kier alpha value is -1.47. The zero-order chi connectivity index (χ0) is 20.0. The molecule has 3 rings (SSSR count). The van der Waals surface area contributed by atoms with E-state index in [2.05, 4.69) is 35.6 Å². The fraction of sp³-hybridized carbons (Fsp3) is 0.700. The minimum absolute atomic E-state index is 0.0264. The van der Waals surface area contributed by atoms with E-state index in [-0.39, 0.29) is 11.1 Å². The van der Waals surface area contributed by atoms with Crippen molar-refractivity contribution in [2.45, 2.75) is 77.9 Å². The third-order valence-corrected chi connectivity index (χ3v) is 5.91. The maximum atomic E-state index is 15.0. The monoisotopic (exact) mass is 375 g/mol. The Morgan fingerprint density at radius 2 is 1.63 bits per heavy atom. The van der Waals surface area contributed by atoms with Gasteiger partial charge in [0.1, 0.15) is 17.9 Å². The number of rotatable bonds is 2. The van der Waals surface area contributed by atoms with Crippen molar-refractivity contribution in [2.24, 2.45) is 0 Å². The first-order valence-corrected chi connectivity index (χ1v) is 9.71. The number of piperidine rings is 1. The lowest BCUT2D eigenvalue weighted by Gasteiger charge is -2.32. The molecule has 0 bridgehead atoms. The van der Waals surface area contributed by atoms with E-state index in [0.29, 0.717) is 12.8 Å². The van der Waals surface area contributed by atoms with E-state index < -0.39 is 18.3 Å². The molecule has 2 saturated heterocycles. The topological polar surface area (TPSA) is 47.5 Å². The molecule has 0 N–H and O–H groups in total. The average molecular weight is 375 g/mol. The van der Waals surface area contributed by atoms with Crippen molar-refractivity contribution in [3.8, 4) is 0 Å². The number of aromatic nitrogens is 2. The maximum Gasteiger partial charge on any atom is 0.525 e. The zero-order valence-corrected chi connectivity index (χ0v) is 17.6. The molecule has 27 heavy (non-hydrogen) atoms. The van der Waals surface area contributed by atoms with Gasteiger partial charge in [0.05, 0.1) is 16.9 Å². The van der Waals surface area contributed by atoms with Crippen molar-refractivity contribution in [3.63, 3.8) is 0 Å². The number of nitrogens with zero attached hydrogens (tertiary/aromatic N) is 3. The van der Waals surface area contributed by atoms with Gasteiger partial charge < -0.3 is 14.2 Å². The van der Waals surface area contributed by atoms with Crippen LogP contribution in [0.1, 0.15) is 67.0 Å². The van der Waals surface area contributed by atoms with Gasteiger partial charge in [-0.2, -0.15) is 0 Å². The van der Waals surface area contributed by atoms with Crippen LogP contribution in [-0.4, -0.2) is 41.4 Å². The van der Waals surface area contributed by atoms with Gasteiger partial charge in [-0.3, -0.25) is 0 Å². The van der Waals surface area contributed by atoms with E-state index in [1.54, 1.807) is 6.33 Å². The number of anilines is 1. The predicted molar refractivity (Wildman–Crippen MR) is 106 cm³/mol. The van der Waals surface area contributed by atoms with Crippen LogP contribution >= 0.6 is 0 Å². The van der Waals surface area contributed by atoms with Gasteiger partial charge in [-0.1, -0.05) is 20.8 Å². The third-order valence-electron chi connectivity index (χ3n) is 5.91. The van der Waals surface area contributed by atoms with Crippen molar-refractivity contribution in [1.29, 1.82) is 0 Å². The van der Waals surface area contributed by atoms with E-state index in [9.17, 15) is 0 Å². The van der Waals surface area contributed by atoms with Crippen LogP contribution in [0.3, 0.4) is 0 Å². The molecule has 0 radical (unpaired) electrons. The van der Waals surface area contributed by atoms with Gasteiger partial charge in [0.25, 0.3) is 0 Å². The predicted octanol–water partition coefficient (Wildman–Crippen LogP) is 4.23. The molecule has 5 nitrogen and oxygen atoms in total. The molecule has 148 valence electrons. The maximum absolute atomic E-state index is 15.0. The molecule has 0 aromatic carbocycles. The Bertz CT molecular complexity index is 717. The highest BCUT2D eigenvalue weighted by atomic mass is 19.1. The second-order valence-electron chi connectivity index (χ2n) is 9.54. The molecule has 1 aromatic rings. The minimum atomic E-state index is -0.900. The fourth-order valence-electron chi connectivity index (χ4n) is 3.29. The van der Waals surface area contributed by atoms with Crippen LogP contribution in [0, 0.1) is 0 Å². The minimum Gasteiger partial charge on any atom is -0.398 e. The van der Waals surface area contributed by atoms with E-state index in [4.69, 9.17) is 9.31 Å². The van der Waals surface area contributed by atoms with Gasteiger partial charge in [0.15, 0.2) is 0 Å². The summed E-state index contributed by atoms with van der Waals surface area (Å²) >= 11 is 0. The van der Waals surface area contributed by atoms with Crippen molar-refractivity contribution in [1.82, 2.24) is 9.97 Å². The SMILES string of the molecule is CC(C)(C)c1cc(N2CCC(=C(F)B3OC(C)(C)C(C)(C)O3)CC2)ncn1. The molecule has 3 heterocycles. The Labute approximate surface area is 162 Å². The smallest absolute Gasteiger partial charge is 0.398 e. The summed E-state index contributed by atoms with van der Waals surface area (Å²) in [4.78, 5) is 11.0. The van der Waals surface area contributed by atoms with Gasteiger partial charge in [-0.25, -0.2) is 14.4 Å². The average Bonchev–Trinajstić information content (AvgIpc) is 2.81. The van der Waals surface area contributed by atoms with Crippen LogP contribution in [0.15, 0.2) is 23.7 Å². The van der Waals surface area contributed by atoms with Crippen LogP contribution in [0.2, 0.25) is 0 Å². The van der Waals surface area contributed by atoms with Crippen LogP contribution in [-0.2, 0) is 14.7 Å². The molecular weight excluding hydrogens is 344 g/mol. The van der Waals surface area contributed by atoms with E-state index in [1.165, 1.54) is 0 Å². The lowest BCUT2D eigenvalue weighted by molar-refractivity contribution is 0.00578. The molecule has 0 saturated carbocycles. The van der Waals surface area contributed by atoms with E-state index >= 15 is 4.39 Å². The Balaban J connectivity index is 1.70. The Morgan fingerprint density at radius 3 is 2.15 bits per heavy atom. The Morgan fingerprint density at radius 1 is 1.07 bits per heavy atom.